The zero-order chi connectivity index (χ0) is 24.4. The second-order valence-electron chi connectivity index (χ2n) is 8.30. The fourth-order valence-corrected chi connectivity index (χ4v) is 8.84. The molecule has 0 amide bonds. The smallest absolute Gasteiger partial charge is 1.00 e. The van der Waals surface area contributed by atoms with Crippen molar-refractivity contribution in [3.63, 3.8) is 0 Å². The minimum absolute atomic E-state index is 0. The average molecular weight is 590 g/mol. The quantitative estimate of drug-likeness (QED) is 0.159. The summed E-state index contributed by atoms with van der Waals surface area (Å²) in [5.41, 5.74) is 0. The maximum atomic E-state index is 2.23. The fraction of sp³-hybridized carbons (Fsp3) is 0. The van der Waals surface area contributed by atoms with E-state index >= 15 is 0 Å². The molecule has 0 aliphatic carbocycles. The van der Waals surface area contributed by atoms with E-state index in [0.29, 0.717) is 0 Å². The Morgan fingerprint density at radius 1 is 0.316 bits per heavy atom. The SMILES string of the molecule is [Cl-].[Fe+2].c1ccc(P(c2ccccc2)[c-]2cccc2)cc1.c1ccc(P(c2ccccc2)[c-]2cccc2)cc1. The van der Waals surface area contributed by atoms with Crippen molar-refractivity contribution < 1.29 is 29.5 Å². The van der Waals surface area contributed by atoms with Crippen LogP contribution in [-0.4, -0.2) is 0 Å². The molecule has 6 aromatic rings. The normalized spacial score (nSPS) is 10.2. The van der Waals surface area contributed by atoms with Crippen LogP contribution >= 0.6 is 15.8 Å². The largest absolute Gasteiger partial charge is 2.00 e. The van der Waals surface area contributed by atoms with Crippen molar-refractivity contribution in [2.75, 3.05) is 0 Å². The van der Waals surface area contributed by atoms with E-state index in [9.17, 15) is 0 Å². The second-order valence-corrected chi connectivity index (χ2v) is 12.7. The van der Waals surface area contributed by atoms with Crippen LogP contribution in [0.15, 0.2) is 170 Å². The van der Waals surface area contributed by atoms with Crippen molar-refractivity contribution in [1.29, 1.82) is 0 Å². The summed E-state index contributed by atoms with van der Waals surface area (Å²) in [6, 6.07) is 60.5. The van der Waals surface area contributed by atoms with Gasteiger partial charge in [0, 0.05) is 0 Å². The van der Waals surface area contributed by atoms with Crippen molar-refractivity contribution in [1.82, 2.24) is 0 Å². The first-order chi connectivity index (χ1) is 17.9. The van der Waals surface area contributed by atoms with E-state index in [1.165, 1.54) is 31.8 Å². The Hall–Kier alpha value is -2.75. The third-order valence-electron chi connectivity index (χ3n) is 5.86. The van der Waals surface area contributed by atoms with E-state index in [4.69, 9.17) is 0 Å². The molecule has 0 bridgehead atoms. The van der Waals surface area contributed by atoms with E-state index in [-0.39, 0.29) is 29.5 Å². The van der Waals surface area contributed by atoms with E-state index < -0.39 is 15.8 Å². The van der Waals surface area contributed by atoms with E-state index in [1.807, 2.05) is 0 Å². The molecule has 0 heterocycles. The molecule has 0 radical (unpaired) electrons. The summed E-state index contributed by atoms with van der Waals surface area (Å²) in [5, 5.41) is 8.47. The van der Waals surface area contributed by atoms with Crippen molar-refractivity contribution in [3.05, 3.63) is 170 Å². The van der Waals surface area contributed by atoms with Gasteiger partial charge in [-0.1, -0.05) is 137 Å². The number of hydrogen-bond donors (Lipinski definition) is 0. The van der Waals surface area contributed by atoms with E-state index in [2.05, 4.69) is 170 Å². The summed E-state index contributed by atoms with van der Waals surface area (Å²) in [6.07, 6.45) is 0. The predicted molar refractivity (Wildman–Crippen MR) is 161 cm³/mol. The molecule has 0 fully saturated rings. The predicted octanol–water partition coefficient (Wildman–Crippen LogP) is 3.33. The van der Waals surface area contributed by atoms with Crippen LogP contribution in [-0.2, 0) is 17.1 Å². The van der Waals surface area contributed by atoms with E-state index in [0.717, 1.165) is 0 Å². The summed E-state index contributed by atoms with van der Waals surface area (Å²) < 4.78 is 0. The Labute approximate surface area is 245 Å². The molecule has 0 aromatic heterocycles. The summed E-state index contributed by atoms with van der Waals surface area (Å²) in [5.74, 6) is 0. The molecule has 0 atom stereocenters. The summed E-state index contributed by atoms with van der Waals surface area (Å²) in [6.45, 7) is 0. The fourth-order valence-electron chi connectivity index (χ4n) is 4.23. The van der Waals surface area contributed by atoms with Crippen LogP contribution in [0.3, 0.4) is 0 Å². The van der Waals surface area contributed by atoms with Gasteiger partial charge in [-0.05, 0) is 21.2 Å². The Morgan fingerprint density at radius 2 is 0.526 bits per heavy atom. The maximum Gasteiger partial charge on any atom is 2.00 e. The molecular weight excluding hydrogens is 562 g/mol. The minimum atomic E-state index is -0.409. The van der Waals surface area contributed by atoms with E-state index in [1.54, 1.807) is 0 Å². The van der Waals surface area contributed by atoms with Crippen molar-refractivity contribution in [3.8, 4) is 0 Å². The molecule has 0 saturated heterocycles. The molecular formula is C34H28ClFeP2-. The monoisotopic (exact) mass is 589 g/mol. The van der Waals surface area contributed by atoms with Crippen LogP contribution in [0.25, 0.3) is 0 Å². The van der Waals surface area contributed by atoms with Gasteiger partial charge in [-0.2, -0.15) is 24.3 Å². The molecule has 190 valence electrons. The van der Waals surface area contributed by atoms with Crippen molar-refractivity contribution in [2.45, 2.75) is 0 Å². The average Bonchev–Trinajstić information content (AvgIpc) is 3.68. The zero-order valence-electron chi connectivity index (χ0n) is 20.8. The molecule has 0 aliphatic heterocycles. The summed E-state index contributed by atoms with van der Waals surface area (Å²) in [7, 11) is -0.818. The van der Waals surface area contributed by atoms with Crippen LogP contribution in [0.5, 0.6) is 0 Å². The number of halogens is 1. The van der Waals surface area contributed by atoms with Gasteiger partial charge in [-0.25, -0.2) is 24.3 Å². The van der Waals surface area contributed by atoms with Gasteiger partial charge in [0.05, 0.1) is 0 Å². The molecule has 0 spiro atoms. The van der Waals surface area contributed by atoms with Gasteiger partial charge in [-0.15, -0.1) is 10.6 Å². The molecule has 4 heteroatoms. The third-order valence-corrected chi connectivity index (χ3v) is 10.8. The number of benzene rings is 4. The van der Waals surface area contributed by atoms with Gasteiger partial charge in [0.25, 0.3) is 0 Å². The van der Waals surface area contributed by atoms with Crippen LogP contribution in [0.2, 0.25) is 0 Å². The van der Waals surface area contributed by atoms with Crippen LogP contribution in [0.4, 0.5) is 0 Å². The molecule has 0 saturated carbocycles. The summed E-state index contributed by atoms with van der Waals surface area (Å²) in [4.78, 5) is 0. The van der Waals surface area contributed by atoms with Crippen LogP contribution in [0.1, 0.15) is 0 Å². The second kappa shape index (κ2) is 15.6. The van der Waals surface area contributed by atoms with Crippen LogP contribution < -0.4 is 44.2 Å². The first-order valence-electron chi connectivity index (χ1n) is 12.1. The third kappa shape index (κ3) is 7.65. The Bertz CT molecular complexity index is 1210. The van der Waals surface area contributed by atoms with Gasteiger partial charge >= 0.3 is 17.1 Å². The molecule has 0 N–H and O–H groups in total. The molecule has 0 unspecified atom stereocenters. The Balaban J connectivity index is 0.000000200. The molecule has 6 rings (SSSR count). The van der Waals surface area contributed by atoms with Gasteiger partial charge in [0.1, 0.15) is 0 Å². The molecule has 0 aliphatic rings. The topological polar surface area (TPSA) is 0 Å². The van der Waals surface area contributed by atoms with Gasteiger partial charge in [0.2, 0.25) is 0 Å². The molecule has 38 heavy (non-hydrogen) atoms. The maximum absolute atomic E-state index is 2.23. The first-order valence-corrected chi connectivity index (χ1v) is 14.8. The standard InChI is InChI=1S/2C17H14P.ClH.Fe/c2*1-3-9-15(10-4-1)18(17-13-7-8-14-17)16-11-5-2-6-12-16;;/h2*1-14H;1H;/q2*-1;;+2/p-1. The first kappa shape index (κ1) is 29.8. The van der Waals surface area contributed by atoms with Crippen LogP contribution in [0, 0.1) is 0 Å². The Kier molecular flexibility index (Phi) is 12.2. The van der Waals surface area contributed by atoms with Gasteiger partial charge in [-0.3, -0.25) is 0 Å². The van der Waals surface area contributed by atoms with Gasteiger partial charge in [0.15, 0.2) is 0 Å². The Morgan fingerprint density at radius 3 is 0.737 bits per heavy atom. The number of hydrogen-bond acceptors (Lipinski definition) is 0. The number of rotatable bonds is 6. The zero-order valence-corrected chi connectivity index (χ0v) is 24.4. The minimum Gasteiger partial charge on any atom is -1.00 e. The summed E-state index contributed by atoms with van der Waals surface area (Å²) >= 11 is 0. The molecule has 0 nitrogen and oxygen atoms in total. The van der Waals surface area contributed by atoms with Gasteiger partial charge < -0.3 is 12.4 Å². The molecule has 6 aromatic carbocycles. The van der Waals surface area contributed by atoms with Crippen molar-refractivity contribution in [2.24, 2.45) is 0 Å². The van der Waals surface area contributed by atoms with Crippen molar-refractivity contribution >= 4 is 47.7 Å².